The van der Waals surface area contributed by atoms with E-state index in [1.165, 1.54) is 176 Å². The van der Waals surface area contributed by atoms with E-state index in [2.05, 4.69) is 545 Å². The second-order valence-electron chi connectivity index (χ2n) is 61.5. The van der Waals surface area contributed by atoms with Crippen LogP contribution in [0.5, 0.6) is 0 Å². The summed E-state index contributed by atoms with van der Waals surface area (Å²) in [5.41, 5.74) is 15.1. The van der Waals surface area contributed by atoms with E-state index in [0.717, 1.165) is 41.9 Å². The van der Waals surface area contributed by atoms with Gasteiger partial charge in [-0.3, -0.25) is 9.59 Å². The van der Waals surface area contributed by atoms with Gasteiger partial charge >= 0.3 is 0 Å². The Morgan fingerprint density at radius 1 is 0.239 bits per heavy atom. The minimum absolute atomic E-state index is 0.00391. The molecule has 11 heteroatoms. The van der Waals surface area contributed by atoms with Crippen molar-refractivity contribution in [1.82, 2.24) is 0 Å². The van der Waals surface area contributed by atoms with Crippen molar-refractivity contribution in [3.05, 3.63) is 154 Å². The van der Waals surface area contributed by atoms with Crippen LogP contribution in [-0.4, -0.2) is 87.5 Å². The van der Waals surface area contributed by atoms with Crippen molar-refractivity contribution in [3.8, 4) is 0 Å². The van der Waals surface area contributed by atoms with Gasteiger partial charge in [0.2, 0.25) is 5.12 Å². The molecule has 0 heterocycles. The lowest BCUT2D eigenvalue weighted by Gasteiger charge is -2.33. The predicted molar refractivity (Wildman–Crippen MR) is 684 cm³/mol. The summed E-state index contributed by atoms with van der Waals surface area (Å²) in [4.78, 5) is 24.4. The zero-order valence-electron chi connectivity index (χ0n) is 106. The average Bonchev–Trinajstić information content (AvgIpc) is 0.831. The predicted octanol–water partition coefficient (Wildman–Crippen LogP) is 45.6. The Kier molecular flexibility index (Phi) is 70.6. The Bertz CT molecular complexity index is 3890. The first-order valence-corrected chi connectivity index (χ1v) is 63.3. The number of hydrogen-bond donors (Lipinski definition) is 0. The highest BCUT2D eigenvalue weighted by Gasteiger charge is 2.30. The molecule has 0 aliphatic heterocycles. The van der Waals surface area contributed by atoms with E-state index in [0.29, 0.717) is 88.4 Å². The number of aryl methyl sites for hydroxylation is 1. The number of hydrogen-bond acceptors (Lipinski definition) is 11. The molecule has 0 amide bonds. The van der Waals surface area contributed by atoms with Gasteiger partial charge in [-0.25, -0.2) is 0 Å². The Balaban J connectivity index is -0.000000497. The molecule has 142 heavy (non-hydrogen) atoms. The zero-order chi connectivity index (χ0) is 113. The van der Waals surface area contributed by atoms with Gasteiger partial charge < -0.3 is 0 Å². The number of carbonyl (C=O) groups excluding carboxylic acids is 2. The summed E-state index contributed by atoms with van der Waals surface area (Å²) in [6, 6.07) is 34.1. The summed E-state index contributed by atoms with van der Waals surface area (Å²) in [6.07, 6.45) is 26.7. The summed E-state index contributed by atoms with van der Waals surface area (Å²) in [5.74, 6) is 8.67. The summed E-state index contributed by atoms with van der Waals surface area (Å²) in [6.45, 7) is 132. The van der Waals surface area contributed by atoms with Crippen molar-refractivity contribution in [1.29, 1.82) is 0 Å². The summed E-state index contributed by atoms with van der Waals surface area (Å²) in [7, 11) is 0. The molecule has 0 aromatic heterocycles. The van der Waals surface area contributed by atoms with Gasteiger partial charge in [0.1, 0.15) is 0 Å². The summed E-state index contributed by atoms with van der Waals surface area (Å²) >= 11 is 17.3. The number of unbranched alkanes of at least 4 members (excludes halogenated alkanes) is 3. The highest BCUT2D eigenvalue weighted by molar-refractivity contribution is 8.15. The Hall–Kier alpha value is -0.890. The van der Waals surface area contributed by atoms with Gasteiger partial charge in [-0.15, -0.1) is 0 Å². The average molecular weight is 2140 g/mol. The molecule has 0 saturated heterocycles. The smallest absolute Gasteiger partial charge is 0.220 e. The lowest BCUT2D eigenvalue weighted by Crippen LogP contribution is -2.22. The minimum atomic E-state index is -0.0358. The van der Waals surface area contributed by atoms with Gasteiger partial charge in [0.15, 0.2) is 5.12 Å². The first-order chi connectivity index (χ1) is 62.9. The molecular formula is C131H242O2S9. The largest absolute Gasteiger partial charge is 0.287 e. The van der Waals surface area contributed by atoms with E-state index in [1.54, 1.807) is 0 Å². The molecule has 0 aliphatic rings. The number of allylic oxidation sites excluding steroid dienone is 1. The van der Waals surface area contributed by atoms with E-state index >= 15 is 0 Å². The van der Waals surface area contributed by atoms with Crippen LogP contribution >= 0.6 is 106 Å². The highest BCUT2D eigenvalue weighted by Crippen LogP contribution is 2.42. The molecule has 4 rings (SSSR count). The number of benzene rings is 4. The van der Waals surface area contributed by atoms with Crippen LogP contribution in [0.4, 0.5) is 0 Å². The van der Waals surface area contributed by atoms with Crippen LogP contribution in [0.25, 0.3) is 0 Å². The number of thioether (sulfide) groups is 9. The lowest BCUT2D eigenvalue weighted by molar-refractivity contribution is -0.110. The third kappa shape index (κ3) is 113. The van der Waals surface area contributed by atoms with E-state index in [4.69, 9.17) is 0 Å². The summed E-state index contributed by atoms with van der Waals surface area (Å²) in [5, 5.41) is 0.441. The van der Waals surface area contributed by atoms with E-state index in [9.17, 15) is 9.59 Å². The van der Waals surface area contributed by atoms with Crippen LogP contribution < -0.4 is 0 Å². The van der Waals surface area contributed by atoms with Crippen LogP contribution in [0.2, 0.25) is 0 Å². The first-order valence-electron chi connectivity index (χ1n) is 54.8. The monoisotopic (exact) mass is 2140 g/mol. The molecule has 0 radical (unpaired) electrons. The molecule has 0 fully saturated rings. The molecule has 4 aromatic rings. The lowest BCUT2D eigenvalue weighted by atomic mass is 9.75. The molecule has 0 N–H and O–H groups in total. The third-order valence-electron chi connectivity index (χ3n) is 20.4. The maximum atomic E-state index is 12.3. The molecule has 0 unspecified atom stereocenters. The Morgan fingerprint density at radius 2 is 0.556 bits per heavy atom. The molecule has 0 spiro atoms. The van der Waals surface area contributed by atoms with Crippen LogP contribution in [0.3, 0.4) is 0 Å². The van der Waals surface area contributed by atoms with Gasteiger partial charge in [0.05, 0.1) is 0 Å². The molecule has 0 atom stereocenters. The first kappa shape index (κ1) is 150. The minimum Gasteiger partial charge on any atom is -0.287 e. The van der Waals surface area contributed by atoms with Gasteiger partial charge in [0.25, 0.3) is 0 Å². The SMILES string of the molecule is CC(C)(C)C/C=C\CSC(C)(C)C.CC(C)(C)CC(C)(C)CCSC(C)(C)C.CC(C)(C)CCC(C)(C)CSC(C)(C)C.CC(C)(C)CCCCCSC(C)(C)C.CC(C)(C)CCCCSC(C)(C)C.CC(C)(C)Cc1ccccc1C(=O)SC(C)(C)C.CC(C)(C)Cc1ccccc1CC(=O)SC(C)(C)C.CC(C)(C)Cc1ccccc1CCSC(C)(C)C.CC(C)(C)Cc1ccccc1CSC(C)(C)C. The van der Waals surface area contributed by atoms with Crippen LogP contribution in [0, 0.1) is 59.6 Å². The molecule has 0 aliphatic carbocycles. The molecule has 0 bridgehead atoms. The van der Waals surface area contributed by atoms with Crippen molar-refractivity contribution in [2.45, 2.75) is 566 Å². The molecule has 2 nitrogen and oxygen atoms in total. The van der Waals surface area contributed by atoms with Gasteiger partial charge in [0, 0.05) is 66.2 Å². The molecule has 832 valence electrons. The maximum Gasteiger partial charge on any atom is 0.220 e. The maximum absolute atomic E-state index is 12.3. The topological polar surface area (TPSA) is 34.1 Å². The van der Waals surface area contributed by atoms with Crippen molar-refractivity contribution in [2.24, 2.45) is 59.6 Å². The van der Waals surface area contributed by atoms with Crippen molar-refractivity contribution < 1.29 is 9.59 Å². The van der Waals surface area contributed by atoms with E-state index in [1.807, 2.05) is 47.8 Å². The normalized spacial score (nSPS) is 13.3. The second kappa shape index (κ2) is 67.0. The van der Waals surface area contributed by atoms with Crippen LogP contribution in [0.15, 0.2) is 109 Å². The molecule has 0 saturated carbocycles. The van der Waals surface area contributed by atoms with E-state index in [-0.39, 0.29) is 30.6 Å². The van der Waals surface area contributed by atoms with Gasteiger partial charge in [-0.1, -0.05) is 554 Å². The molecular weight excluding hydrogens is 1890 g/mol. The molecule has 4 aromatic carbocycles. The van der Waals surface area contributed by atoms with Gasteiger partial charge in [-0.2, -0.15) is 82.3 Å². The van der Waals surface area contributed by atoms with Crippen LogP contribution in [-0.2, 0) is 49.1 Å². The van der Waals surface area contributed by atoms with Crippen molar-refractivity contribution in [3.63, 3.8) is 0 Å². The van der Waals surface area contributed by atoms with Gasteiger partial charge in [-0.05, 0) is 217 Å². The quantitative estimate of drug-likeness (QED) is 0.0346. The fourth-order valence-corrected chi connectivity index (χ4v) is 22.6. The van der Waals surface area contributed by atoms with E-state index < -0.39 is 0 Å². The third-order valence-corrected chi connectivity index (χ3v) is 32.0. The highest BCUT2D eigenvalue weighted by atomic mass is 32.2. The van der Waals surface area contributed by atoms with Crippen molar-refractivity contribution in [2.75, 3.05) is 34.5 Å². The fraction of sp³-hybridized carbons (Fsp3) is 0.786. The van der Waals surface area contributed by atoms with Crippen LogP contribution in [0.1, 0.15) is 528 Å². The fourth-order valence-electron chi connectivity index (χ4n) is 14.1. The zero-order valence-corrected chi connectivity index (χ0v) is 113. The number of rotatable bonds is 32. The standard InChI is InChI=1S/C17H26OS.C17H28S.C16H24OS.C16H26S.2C14H30S.C13H28S.C12H26S.C12H24S/c1-16(2,3)12-14-10-8-7-9-13(14)11-15(18)19-17(4,5)6;1-16(2,3)13-15-10-8-7-9-14(15)11-12-18-17(4,5)6;1-15(2,3)11-12-9-7-8-10-13(12)14(17)18-16(4,5)6;1-15(2,3)11-13-9-7-8-10-14(13)12-17-16(4,5)6;1-12(2,3)11-14(7,8)9-10-15-13(4,5)6;1-12(2,3)9-10-14(7,8)11-15-13(4,5)6;1-12(2,3)10-8-7-9-11-14-13(4,5)6;2*1-11(2,3)9-7-8-10-13-12(4,5)6/h7-10H,11-12H2,1-6H3;7-10H,11-13H2,1-6H3;7-10H,11H2,1-6H3;7-10H,11-12H2,1-6H3;2*9-11H2,1-8H3;7-11H2,1-6H3;7-10H2,1-6H3;7-8H,9-10H2,1-6H3/b;;;;;;;;8-7-. The Morgan fingerprint density at radius 3 is 0.915 bits per heavy atom. The Labute approximate surface area is 930 Å². The number of carbonyl (C=O) groups is 2. The van der Waals surface area contributed by atoms with Crippen molar-refractivity contribution >= 4 is 116 Å². The summed E-state index contributed by atoms with van der Waals surface area (Å²) < 4.78 is 2.78. The second-order valence-corrected chi connectivity index (χ2v) is 78.3.